The van der Waals surface area contributed by atoms with Gasteiger partial charge in [0.2, 0.25) is 5.91 Å². The van der Waals surface area contributed by atoms with Gasteiger partial charge in [-0.1, -0.05) is 62.4 Å². The van der Waals surface area contributed by atoms with E-state index < -0.39 is 24.0 Å². The maximum Gasteiger partial charge on any atom is 0.407 e. The zero-order chi connectivity index (χ0) is 25.1. The van der Waals surface area contributed by atoms with Crippen molar-refractivity contribution in [2.75, 3.05) is 11.9 Å². The summed E-state index contributed by atoms with van der Waals surface area (Å²) in [7, 11) is 0. The van der Waals surface area contributed by atoms with Gasteiger partial charge >= 0.3 is 12.1 Å². The first-order valence-corrected chi connectivity index (χ1v) is 12.3. The highest BCUT2D eigenvalue weighted by molar-refractivity contribution is 14.1. The Bertz CT molecular complexity index is 1240. The summed E-state index contributed by atoms with van der Waals surface area (Å²) in [5.41, 5.74) is 4.89. The van der Waals surface area contributed by atoms with Crippen LogP contribution >= 0.6 is 22.6 Å². The van der Waals surface area contributed by atoms with Gasteiger partial charge in [0.1, 0.15) is 12.6 Å². The molecule has 0 unspecified atom stereocenters. The number of anilines is 1. The minimum absolute atomic E-state index is 0.0674. The number of carbonyl (C=O) groups excluding carboxylic acids is 2. The molecule has 0 heterocycles. The number of nitrogens with one attached hydrogen (secondary N) is 2. The third-order valence-electron chi connectivity index (χ3n) is 5.98. The van der Waals surface area contributed by atoms with Gasteiger partial charge in [0.15, 0.2) is 0 Å². The van der Waals surface area contributed by atoms with Crippen LogP contribution in [0, 0.1) is 9.49 Å². The Morgan fingerprint density at radius 3 is 2.14 bits per heavy atom. The monoisotopic (exact) mass is 584 g/mol. The first kappa shape index (κ1) is 24.7. The topological polar surface area (TPSA) is 105 Å². The van der Waals surface area contributed by atoms with Crippen LogP contribution in [0.4, 0.5) is 10.5 Å². The van der Waals surface area contributed by atoms with Gasteiger partial charge in [0, 0.05) is 15.2 Å². The molecule has 0 bridgehead atoms. The van der Waals surface area contributed by atoms with Crippen molar-refractivity contribution in [3.05, 3.63) is 87.0 Å². The molecule has 4 rings (SSSR count). The van der Waals surface area contributed by atoms with E-state index in [1.165, 1.54) is 12.1 Å². The van der Waals surface area contributed by atoms with Gasteiger partial charge in [0.25, 0.3) is 0 Å². The summed E-state index contributed by atoms with van der Waals surface area (Å²) in [5, 5.41) is 14.6. The molecule has 1 aliphatic rings. The largest absolute Gasteiger partial charge is 0.478 e. The van der Waals surface area contributed by atoms with Gasteiger partial charge in [-0.15, -0.1) is 0 Å². The average Bonchev–Trinajstić information content (AvgIpc) is 3.14. The maximum atomic E-state index is 12.9. The second-order valence-corrected chi connectivity index (χ2v) is 9.96. The molecule has 0 aromatic heterocycles. The van der Waals surface area contributed by atoms with E-state index in [1.807, 2.05) is 72.8 Å². The van der Waals surface area contributed by atoms with Gasteiger partial charge < -0.3 is 20.5 Å². The van der Waals surface area contributed by atoms with Crippen molar-refractivity contribution in [1.82, 2.24) is 5.32 Å². The molecule has 0 fully saturated rings. The van der Waals surface area contributed by atoms with Crippen LogP contribution in [0.2, 0.25) is 0 Å². The molecule has 0 spiro atoms. The fourth-order valence-electron chi connectivity index (χ4n) is 4.31. The highest BCUT2D eigenvalue weighted by Gasteiger charge is 2.30. The molecule has 0 saturated carbocycles. The molecule has 0 saturated heterocycles. The van der Waals surface area contributed by atoms with Crippen LogP contribution in [0.15, 0.2) is 66.7 Å². The minimum atomic E-state index is -1.09. The molecule has 7 nitrogen and oxygen atoms in total. The molecule has 180 valence electrons. The number of alkyl carbamates (subject to hydrolysis) is 1. The molecule has 1 aliphatic carbocycles. The van der Waals surface area contributed by atoms with Gasteiger partial charge in [-0.25, -0.2) is 9.59 Å². The Balaban J connectivity index is 1.43. The number of carboxylic acids is 1. The molecule has 2 amide bonds. The van der Waals surface area contributed by atoms with Gasteiger partial charge in [0.05, 0.1) is 5.56 Å². The number of benzene rings is 3. The number of hydrogen-bond donors (Lipinski definition) is 3. The van der Waals surface area contributed by atoms with E-state index in [0.29, 0.717) is 9.26 Å². The summed E-state index contributed by atoms with van der Waals surface area (Å²) in [6.07, 6.45) is -0.686. The van der Waals surface area contributed by atoms with E-state index in [4.69, 9.17) is 4.74 Å². The molecule has 0 aliphatic heterocycles. The Morgan fingerprint density at radius 2 is 1.57 bits per heavy atom. The van der Waals surface area contributed by atoms with Crippen LogP contribution in [0.3, 0.4) is 0 Å². The number of ether oxygens (including phenoxy) is 1. The lowest BCUT2D eigenvalue weighted by Gasteiger charge is -2.22. The van der Waals surface area contributed by atoms with Crippen LogP contribution in [-0.4, -0.2) is 35.7 Å². The van der Waals surface area contributed by atoms with Crippen molar-refractivity contribution < 1.29 is 24.2 Å². The molecule has 8 heteroatoms. The number of fused-ring (bicyclic) bond motifs is 3. The van der Waals surface area contributed by atoms with E-state index >= 15 is 0 Å². The Labute approximate surface area is 217 Å². The summed E-state index contributed by atoms with van der Waals surface area (Å²) in [4.78, 5) is 37.0. The first-order chi connectivity index (χ1) is 16.7. The molecule has 3 aromatic rings. The average molecular weight is 584 g/mol. The van der Waals surface area contributed by atoms with Crippen molar-refractivity contribution in [1.29, 1.82) is 0 Å². The highest BCUT2D eigenvalue weighted by atomic mass is 127. The number of aromatic carboxylic acids is 1. The van der Waals surface area contributed by atoms with Crippen LogP contribution in [0.25, 0.3) is 11.1 Å². The number of carboxylic acid groups (broad SMARTS) is 1. The predicted molar refractivity (Wildman–Crippen MR) is 142 cm³/mol. The lowest BCUT2D eigenvalue weighted by atomic mass is 9.98. The number of rotatable bonds is 7. The quantitative estimate of drug-likeness (QED) is 0.319. The molecule has 3 N–H and O–H groups in total. The Kier molecular flexibility index (Phi) is 7.39. The molecule has 35 heavy (non-hydrogen) atoms. The van der Waals surface area contributed by atoms with E-state index in [9.17, 15) is 19.5 Å². The smallest absolute Gasteiger partial charge is 0.407 e. The molecule has 1 atom stereocenters. The standard InChI is InChI=1S/C27H25IN2O5/c1-15(2)24(25(31)29-18-12-16(26(32)33)11-17(28)13-18)30-27(34)35-14-23-21-9-5-3-7-19(21)20-8-4-6-10-22(20)23/h3-13,15,23-24H,14H2,1-2H3,(H,29,31)(H,30,34)(H,32,33)/t24-/m1/s1. The third-order valence-corrected chi connectivity index (χ3v) is 6.60. The van der Waals surface area contributed by atoms with Gasteiger partial charge in [-0.2, -0.15) is 0 Å². The van der Waals surface area contributed by atoms with Gasteiger partial charge in [-0.3, -0.25) is 4.79 Å². The summed E-state index contributed by atoms with van der Waals surface area (Å²) in [6.45, 7) is 3.77. The number of hydrogen-bond acceptors (Lipinski definition) is 4. The number of amides is 2. The summed E-state index contributed by atoms with van der Waals surface area (Å²) < 4.78 is 6.25. The van der Waals surface area contributed by atoms with Crippen molar-refractivity contribution in [3.63, 3.8) is 0 Å². The van der Waals surface area contributed by atoms with Crippen molar-refractivity contribution in [2.24, 2.45) is 5.92 Å². The fourth-order valence-corrected chi connectivity index (χ4v) is 4.98. The predicted octanol–water partition coefficient (Wildman–Crippen LogP) is 5.49. The highest BCUT2D eigenvalue weighted by Crippen LogP contribution is 2.44. The summed E-state index contributed by atoms with van der Waals surface area (Å²) in [5.74, 6) is -1.85. The second kappa shape index (κ2) is 10.5. The summed E-state index contributed by atoms with van der Waals surface area (Å²) in [6, 6.07) is 19.8. The zero-order valence-electron chi connectivity index (χ0n) is 19.2. The molecular formula is C27H25IN2O5. The van der Waals surface area contributed by atoms with E-state index in [2.05, 4.69) is 22.8 Å². The third kappa shape index (κ3) is 5.48. The minimum Gasteiger partial charge on any atom is -0.478 e. The van der Waals surface area contributed by atoms with Crippen LogP contribution in [-0.2, 0) is 9.53 Å². The SMILES string of the molecule is CC(C)[C@@H](NC(=O)OCC1c2ccccc2-c2ccccc21)C(=O)Nc1cc(I)cc(C(=O)O)c1. The summed E-state index contributed by atoms with van der Waals surface area (Å²) >= 11 is 1.99. The van der Waals surface area contributed by atoms with E-state index in [0.717, 1.165) is 22.3 Å². The number of carbonyl (C=O) groups is 3. The molecule has 0 radical (unpaired) electrons. The van der Waals surface area contributed by atoms with E-state index in [1.54, 1.807) is 6.07 Å². The van der Waals surface area contributed by atoms with Crippen LogP contribution in [0.1, 0.15) is 41.3 Å². The molecule has 3 aromatic carbocycles. The van der Waals surface area contributed by atoms with Crippen LogP contribution in [0.5, 0.6) is 0 Å². The van der Waals surface area contributed by atoms with Crippen LogP contribution < -0.4 is 10.6 Å². The first-order valence-electron chi connectivity index (χ1n) is 11.2. The number of halogens is 1. The molecular weight excluding hydrogens is 559 g/mol. The fraction of sp³-hybridized carbons (Fsp3) is 0.222. The van der Waals surface area contributed by atoms with Gasteiger partial charge in [-0.05, 0) is 69.0 Å². The van der Waals surface area contributed by atoms with Crippen molar-refractivity contribution >= 4 is 46.2 Å². The van der Waals surface area contributed by atoms with E-state index in [-0.39, 0.29) is 24.0 Å². The zero-order valence-corrected chi connectivity index (χ0v) is 21.4. The lowest BCUT2D eigenvalue weighted by molar-refractivity contribution is -0.119. The van der Waals surface area contributed by atoms with Crippen molar-refractivity contribution in [3.8, 4) is 11.1 Å². The lowest BCUT2D eigenvalue weighted by Crippen LogP contribution is -2.47. The van der Waals surface area contributed by atoms with Crippen molar-refractivity contribution in [2.45, 2.75) is 25.8 Å². The maximum absolute atomic E-state index is 12.9. The Morgan fingerprint density at radius 1 is 0.971 bits per heavy atom. The normalized spacial score (nSPS) is 13.0. The Hall–Kier alpha value is -3.40. The second-order valence-electron chi connectivity index (χ2n) is 8.71.